The van der Waals surface area contributed by atoms with Crippen LogP contribution >= 0.6 is 0 Å². The van der Waals surface area contributed by atoms with Crippen LogP contribution in [0.3, 0.4) is 0 Å². The van der Waals surface area contributed by atoms with E-state index >= 15 is 0 Å². The Morgan fingerprint density at radius 2 is 2.43 bits per heavy atom. The first-order chi connectivity index (χ1) is 6.90. The molecule has 0 spiro atoms. The van der Waals surface area contributed by atoms with E-state index in [0.29, 0.717) is 18.9 Å². The van der Waals surface area contributed by atoms with E-state index in [1.54, 1.807) is 12.5 Å². The molecule has 6 heteroatoms. The summed E-state index contributed by atoms with van der Waals surface area (Å²) in [6.45, 7) is 1.25. The molecule has 74 valence electrons. The third kappa shape index (κ3) is 1.80. The highest BCUT2D eigenvalue weighted by Crippen LogP contribution is 2.01. The van der Waals surface area contributed by atoms with Crippen LogP contribution in [0, 0.1) is 0 Å². The highest BCUT2D eigenvalue weighted by atomic mass is 16.5. The number of rotatable bonds is 4. The van der Waals surface area contributed by atoms with Gasteiger partial charge in [-0.15, -0.1) is 0 Å². The van der Waals surface area contributed by atoms with Crippen LogP contribution < -0.4 is 5.73 Å². The van der Waals surface area contributed by atoms with E-state index in [9.17, 15) is 0 Å². The first-order valence-electron chi connectivity index (χ1n) is 4.35. The van der Waals surface area contributed by atoms with Crippen molar-refractivity contribution in [1.82, 2.24) is 19.7 Å². The minimum atomic E-state index is 0.490. The Labute approximate surface area is 80.7 Å². The van der Waals surface area contributed by atoms with Gasteiger partial charge in [-0.1, -0.05) is 5.16 Å². The number of nitrogens with zero attached hydrogens (tertiary/aromatic N) is 4. The molecule has 0 aromatic carbocycles. The van der Waals surface area contributed by atoms with Crippen LogP contribution in [0.2, 0.25) is 0 Å². The average molecular weight is 193 g/mol. The molecule has 0 saturated carbocycles. The number of imidazole rings is 1. The minimum absolute atomic E-state index is 0.490. The normalized spacial score (nSPS) is 10.6. The van der Waals surface area contributed by atoms with Crippen molar-refractivity contribution in [3.8, 4) is 0 Å². The maximum Gasteiger partial charge on any atom is 0.228 e. The smallest absolute Gasteiger partial charge is 0.228 e. The predicted octanol–water partition coefficient (Wildman–Crippen LogP) is -0.0325. The van der Waals surface area contributed by atoms with Gasteiger partial charge in [0.25, 0.3) is 0 Å². The standard InChI is InChI=1S/C8H11N5O/c9-3-7-4-10-6-13(7)2-1-8-11-5-12-14-8/h4-6H,1-3,9H2. The highest BCUT2D eigenvalue weighted by Gasteiger charge is 2.02. The molecule has 2 heterocycles. The summed E-state index contributed by atoms with van der Waals surface area (Å²) in [5, 5.41) is 3.53. The summed E-state index contributed by atoms with van der Waals surface area (Å²) in [4.78, 5) is 7.94. The summed E-state index contributed by atoms with van der Waals surface area (Å²) in [6, 6.07) is 0. The van der Waals surface area contributed by atoms with Gasteiger partial charge >= 0.3 is 0 Å². The number of aryl methyl sites for hydroxylation is 2. The van der Waals surface area contributed by atoms with Gasteiger partial charge in [-0.05, 0) is 0 Å². The lowest BCUT2D eigenvalue weighted by Gasteiger charge is -2.03. The predicted molar refractivity (Wildman–Crippen MR) is 48.1 cm³/mol. The van der Waals surface area contributed by atoms with E-state index in [1.165, 1.54) is 6.33 Å². The van der Waals surface area contributed by atoms with Gasteiger partial charge in [0, 0.05) is 25.7 Å². The van der Waals surface area contributed by atoms with E-state index in [-0.39, 0.29) is 0 Å². The fourth-order valence-electron chi connectivity index (χ4n) is 1.24. The molecule has 0 saturated heterocycles. The van der Waals surface area contributed by atoms with E-state index in [0.717, 1.165) is 12.2 Å². The molecule has 2 rings (SSSR count). The SMILES string of the molecule is NCc1cncn1CCc1ncno1. The second-order valence-corrected chi connectivity index (χ2v) is 2.87. The van der Waals surface area contributed by atoms with Gasteiger partial charge in [0.2, 0.25) is 5.89 Å². The second kappa shape index (κ2) is 4.01. The van der Waals surface area contributed by atoms with Crippen molar-refractivity contribution in [3.05, 3.63) is 30.4 Å². The number of nitrogens with two attached hydrogens (primary N) is 1. The van der Waals surface area contributed by atoms with Crippen LogP contribution in [-0.4, -0.2) is 19.7 Å². The van der Waals surface area contributed by atoms with Crippen LogP contribution in [0.15, 0.2) is 23.4 Å². The highest BCUT2D eigenvalue weighted by molar-refractivity contribution is 4.97. The monoisotopic (exact) mass is 193 g/mol. The van der Waals surface area contributed by atoms with Crippen molar-refractivity contribution >= 4 is 0 Å². The molecule has 6 nitrogen and oxygen atoms in total. The number of hydrogen-bond acceptors (Lipinski definition) is 5. The zero-order chi connectivity index (χ0) is 9.80. The molecule has 0 atom stereocenters. The molecule has 0 aliphatic rings. The van der Waals surface area contributed by atoms with Crippen molar-refractivity contribution in [2.75, 3.05) is 0 Å². The third-order valence-corrected chi connectivity index (χ3v) is 1.98. The minimum Gasteiger partial charge on any atom is -0.340 e. The van der Waals surface area contributed by atoms with Crippen molar-refractivity contribution in [2.24, 2.45) is 5.73 Å². The molecule has 0 aliphatic carbocycles. The molecule has 2 aromatic heterocycles. The van der Waals surface area contributed by atoms with Gasteiger partial charge in [-0.2, -0.15) is 4.98 Å². The molecular weight excluding hydrogens is 182 g/mol. The van der Waals surface area contributed by atoms with Gasteiger partial charge in [-0.25, -0.2) is 4.98 Å². The third-order valence-electron chi connectivity index (χ3n) is 1.98. The molecule has 0 fully saturated rings. The topological polar surface area (TPSA) is 82.8 Å². The van der Waals surface area contributed by atoms with Crippen molar-refractivity contribution in [3.63, 3.8) is 0 Å². The van der Waals surface area contributed by atoms with E-state index < -0.39 is 0 Å². The average Bonchev–Trinajstić information content (AvgIpc) is 2.85. The van der Waals surface area contributed by atoms with E-state index in [2.05, 4.69) is 15.1 Å². The lowest BCUT2D eigenvalue weighted by Crippen LogP contribution is -2.08. The number of hydrogen-bond donors (Lipinski definition) is 1. The van der Waals surface area contributed by atoms with Crippen molar-refractivity contribution in [2.45, 2.75) is 19.5 Å². The number of aromatic nitrogens is 4. The molecule has 2 aromatic rings. The van der Waals surface area contributed by atoms with Crippen molar-refractivity contribution in [1.29, 1.82) is 0 Å². The zero-order valence-electron chi connectivity index (χ0n) is 7.63. The Kier molecular flexibility index (Phi) is 2.55. The fraction of sp³-hybridized carbons (Fsp3) is 0.375. The largest absolute Gasteiger partial charge is 0.340 e. The molecule has 0 bridgehead atoms. The van der Waals surface area contributed by atoms with E-state index in [4.69, 9.17) is 10.3 Å². The van der Waals surface area contributed by atoms with Crippen LogP contribution in [0.5, 0.6) is 0 Å². The molecule has 2 N–H and O–H groups in total. The quantitative estimate of drug-likeness (QED) is 0.737. The van der Waals surface area contributed by atoms with Crippen molar-refractivity contribution < 1.29 is 4.52 Å². The van der Waals surface area contributed by atoms with Gasteiger partial charge in [-0.3, -0.25) is 0 Å². The molecule has 0 aliphatic heterocycles. The lowest BCUT2D eigenvalue weighted by atomic mass is 10.4. The first kappa shape index (κ1) is 8.89. The van der Waals surface area contributed by atoms with E-state index in [1.807, 2.05) is 4.57 Å². The fourth-order valence-corrected chi connectivity index (χ4v) is 1.24. The van der Waals surface area contributed by atoms with Crippen LogP contribution in [0.1, 0.15) is 11.6 Å². The van der Waals surface area contributed by atoms with Gasteiger partial charge in [0.05, 0.1) is 12.0 Å². The second-order valence-electron chi connectivity index (χ2n) is 2.87. The Hall–Kier alpha value is -1.69. The molecule has 0 amide bonds. The Bertz CT molecular complexity index is 380. The lowest BCUT2D eigenvalue weighted by molar-refractivity contribution is 0.370. The van der Waals surface area contributed by atoms with Gasteiger partial charge in [0.1, 0.15) is 0 Å². The Morgan fingerprint density at radius 1 is 1.50 bits per heavy atom. The summed E-state index contributed by atoms with van der Waals surface area (Å²) in [7, 11) is 0. The summed E-state index contributed by atoms with van der Waals surface area (Å²) in [5.74, 6) is 0.627. The summed E-state index contributed by atoms with van der Waals surface area (Å²) >= 11 is 0. The van der Waals surface area contributed by atoms with Crippen LogP contribution in [-0.2, 0) is 19.5 Å². The van der Waals surface area contributed by atoms with Gasteiger partial charge in [0.15, 0.2) is 6.33 Å². The zero-order valence-corrected chi connectivity index (χ0v) is 7.63. The summed E-state index contributed by atoms with van der Waals surface area (Å²) in [6.07, 6.45) is 5.60. The Balaban J connectivity index is 1.98. The molecule has 0 unspecified atom stereocenters. The Morgan fingerprint density at radius 3 is 3.14 bits per heavy atom. The maximum atomic E-state index is 5.53. The summed E-state index contributed by atoms with van der Waals surface area (Å²) in [5.41, 5.74) is 6.54. The van der Waals surface area contributed by atoms with Crippen LogP contribution in [0.4, 0.5) is 0 Å². The van der Waals surface area contributed by atoms with Crippen LogP contribution in [0.25, 0.3) is 0 Å². The molecule has 0 radical (unpaired) electrons. The molecular formula is C8H11N5O. The first-order valence-corrected chi connectivity index (χ1v) is 4.35. The summed E-state index contributed by atoms with van der Waals surface area (Å²) < 4.78 is 6.86. The maximum absolute atomic E-state index is 5.53. The molecule has 14 heavy (non-hydrogen) atoms. The van der Waals surface area contributed by atoms with Gasteiger partial charge < -0.3 is 14.8 Å².